The largest absolute Gasteiger partial charge is 0.388 e. The minimum Gasteiger partial charge on any atom is -0.388 e. The summed E-state index contributed by atoms with van der Waals surface area (Å²) in [6, 6.07) is 9.40. The van der Waals surface area contributed by atoms with Gasteiger partial charge in [-0.2, -0.15) is 0 Å². The van der Waals surface area contributed by atoms with Gasteiger partial charge in [0.1, 0.15) is 11.6 Å². The number of aliphatic hydroxyl groups excluding tert-OH is 1. The van der Waals surface area contributed by atoms with Gasteiger partial charge < -0.3 is 20.5 Å². The highest BCUT2D eigenvalue weighted by molar-refractivity contribution is 5.91. The molecule has 0 aliphatic heterocycles. The maximum Gasteiger partial charge on any atom is 0.245 e. The summed E-state index contributed by atoms with van der Waals surface area (Å²) in [6.07, 6.45) is 2.30. The highest BCUT2D eigenvalue weighted by Gasteiger charge is 2.36. The third kappa shape index (κ3) is 5.54. The van der Waals surface area contributed by atoms with Crippen LogP contribution in [0.25, 0.3) is 0 Å². The highest BCUT2D eigenvalue weighted by atomic mass is 16.5. The predicted octanol–water partition coefficient (Wildman–Crippen LogP) is 1.56. The molecule has 1 aromatic carbocycles. The van der Waals surface area contributed by atoms with Gasteiger partial charge in [0.15, 0.2) is 0 Å². The SMILES string of the molecule is CO[C@@H]1CCC[C@@H](NC(=O)C(C)(C)NC(=O)CCc2ccccc2)[C@H]1O. The first-order valence-corrected chi connectivity index (χ1v) is 9.20. The lowest BCUT2D eigenvalue weighted by atomic mass is 9.89. The molecule has 6 heteroatoms. The second-order valence-corrected chi connectivity index (χ2v) is 7.43. The average Bonchev–Trinajstić information content (AvgIpc) is 2.62. The molecule has 1 aliphatic carbocycles. The maximum absolute atomic E-state index is 12.6. The van der Waals surface area contributed by atoms with Crippen LogP contribution >= 0.6 is 0 Å². The van der Waals surface area contributed by atoms with Crippen molar-refractivity contribution in [3.63, 3.8) is 0 Å². The lowest BCUT2D eigenvalue weighted by Gasteiger charge is -2.36. The zero-order chi connectivity index (χ0) is 19.2. The van der Waals surface area contributed by atoms with Gasteiger partial charge in [0.05, 0.1) is 12.1 Å². The number of aryl methyl sites for hydroxylation is 1. The van der Waals surface area contributed by atoms with E-state index in [2.05, 4.69) is 10.6 Å². The van der Waals surface area contributed by atoms with Crippen molar-refractivity contribution in [2.45, 2.75) is 69.7 Å². The number of hydrogen-bond acceptors (Lipinski definition) is 4. The number of rotatable bonds is 7. The monoisotopic (exact) mass is 362 g/mol. The number of methoxy groups -OCH3 is 1. The fourth-order valence-electron chi connectivity index (χ4n) is 3.27. The van der Waals surface area contributed by atoms with Crippen LogP contribution in [0.2, 0.25) is 0 Å². The fraction of sp³-hybridized carbons (Fsp3) is 0.600. The van der Waals surface area contributed by atoms with Gasteiger partial charge in [-0.1, -0.05) is 30.3 Å². The molecular weight excluding hydrogens is 332 g/mol. The van der Waals surface area contributed by atoms with E-state index >= 15 is 0 Å². The summed E-state index contributed by atoms with van der Waals surface area (Å²) in [5, 5.41) is 16.0. The molecule has 0 aromatic heterocycles. The maximum atomic E-state index is 12.6. The number of ether oxygens (including phenoxy) is 1. The van der Waals surface area contributed by atoms with Gasteiger partial charge in [-0.05, 0) is 45.1 Å². The Morgan fingerprint density at radius 3 is 2.58 bits per heavy atom. The molecule has 0 saturated heterocycles. The Balaban J connectivity index is 1.85. The van der Waals surface area contributed by atoms with E-state index in [1.165, 1.54) is 0 Å². The molecule has 6 nitrogen and oxygen atoms in total. The molecule has 3 N–H and O–H groups in total. The van der Waals surface area contributed by atoms with Crippen molar-refractivity contribution < 1.29 is 19.4 Å². The summed E-state index contributed by atoms with van der Waals surface area (Å²) < 4.78 is 5.27. The zero-order valence-corrected chi connectivity index (χ0v) is 15.8. The van der Waals surface area contributed by atoms with E-state index in [4.69, 9.17) is 4.74 Å². The Labute approximate surface area is 155 Å². The van der Waals surface area contributed by atoms with Crippen LogP contribution in [0.3, 0.4) is 0 Å². The van der Waals surface area contributed by atoms with Crippen molar-refractivity contribution in [3.05, 3.63) is 35.9 Å². The molecule has 0 unspecified atom stereocenters. The molecule has 1 saturated carbocycles. The van der Waals surface area contributed by atoms with Crippen molar-refractivity contribution in [2.75, 3.05) is 7.11 Å². The Hall–Kier alpha value is -1.92. The van der Waals surface area contributed by atoms with Gasteiger partial charge in [0.2, 0.25) is 11.8 Å². The molecule has 0 spiro atoms. The fourth-order valence-corrected chi connectivity index (χ4v) is 3.27. The number of aliphatic hydroxyl groups is 1. The molecule has 3 atom stereocenters. The molecule has 1 aliphatic rings. The summed E-state index contributed by atoms with van der Waals surface area (Å²) in [5.41, 5.74) is 0.0360. The normalized spacial score (nSPS) is 23.3. The van der Waals surface area contributed by atoms with E-state index < -0.39 is 11.6 Å². The van der Waals surface area contributed by atoms with Gasteiger partial charge in [-0.15, -0.1) is 0 Å². The van der Waals surface area contributed by atoms with E-state index in [9.17, 15) is 14.7 Å². The topological polar surface area (TPSA) is 87.7 Å². The average molecular weight is 362 g/mol. The number of nitrogens with one attached hydrogen (secondary N) is 2. The third-order valence-corrected chi connectivity index (χ3v) is 4.92. The minimum atomic E-state index is -1.05. The molecular formula is C20H30N2O4. The molecule has 1 aromatic rings. The zero-order valence-electron chi connectivity index (χ0n) is 15.8. The Kier molecular flexibility index (Phi) is 7.17. The molecule has 2 amide bonds. The summed E-state index contributed by atoms with van der Waals surface area (Å²) in [5.74, 6) is -0.473. The molecule has 26 heavy (non-hydrogen) atoms. The van der Waals surface area contributed by atoms with Gasteiger partial charge >= 0.3 is 0 Å². The van der Waals surface area contributed by atoms with Crippen molar-refractivity contribution in [2.24, 2.45) is 0 Å². The number of benzene rings is 1. The van der Waals surface area contributed by atoms with E-state index in [-0.39, 0.29) is 24.0 Å². The van der Waals surface area contributed by atoms with Crippen LogP contribution < -0.4 is 10.6 Å². The van der Waals surface area contributed by atoms with Crippen LogP contribution in [0.15, 0.2) is 30.3 Å². The highest BCUT2D eigenvalue weighted by Crippen LogP contribution is 2.22. The first kappa shape index (κ1) is 20.4. The van der Waals surface area contributed by atoms with E-state index in [0.29, 0.717) is 19.3 Å². The van der Waals surface area contributed by atoms with Gasteiger partial charge in [-0.25, -0.2) is 0 Å². The summed E-state index contributed by atoms with van der Waals surface area (Å²) in [4.78, 5) is 24.8. The Morgan fingerprint density at radius 2 is 1.92 bits per heavy atom. The molecule has 0 radical (unpaired) electrons. The molecule has 1 fully saturated rings. The number of hydrogen-bond donors (Lipinski definition) is 3. The second-order valence-electron chi connectivity index (χ2n) is 7.43. The van der Waals surface area contributed by atoms with Crippen molar-refractivity contribution >= 4 is 11.8 Å². The van der Waals surface area contributed by atoms with E-state index in [1.807, 2.05) is 30.3 Å². The lowest BCUT2D eigenvalue weighted by Crippen LogP contribution is -2.60. The minimum absolute atomic E-state index is 0.173. The van der Waals surface area contributed by atoms with Gasteiger partial charge in [-0.3, -0.25) is 9.59 Å². The lowest BCUT2D eigenvalue weighted by molar-refractivity contribution is -0.134. The third-order valence-electron chi connectivity index (χ3n) is 4.92. The van der Waals surface area contributed by atoms with Crippen LogP contribution in [-0.4, -0.2) is 47.8 Å². The van der Waals surface area contributed by atoms with Crippen molar-refractivity contribution in [1.82, 2.24) is 10.6 Å². The molecule has 144 valence electrons. The van der Waals surface area contributed by atoms with E-state index in [1.54, 1.807) is 21.0 Å². The van der Waals surface area contributed by atoms with E-state index in [0.717, 1.165) is 18.4 Å². The molecule has 2 rings (SSSR count). The standard InChI is InChI=1S/C20H30N2O4/c1-20(2,22-17(23)13-12-14-8-5-4-6-9-14)19(25)21-15-10-7-11-16(26-3)18(15)24/h4-6,8-9,15-16,18,24H,7,10-13H2,1-3H3,(H,21,25)(H,22,23)/t15-,16-,18-/m1/s1. The van der Waals surface area contributed by atoms with Crippen LogP contribution in [-0.2, 0) is 20.7 Å². The van der Waals surface area contributed by atoms with Gasteiger partial charge in [0, 0.05) is 13.5 Å². The number of carbonyl (C=O) groups is 2. The quantitative estimate of drug-likeness (QED) is 0.687. The second kappa shape index (κ2) is 9.14. The van der Waals surface area contributed by atoms with Crippen molar-refractivity contribution in [3.8, 4) is 0 Å². The van der Waals surface area contributed by atoms with Crippen LogP contribution in [0.4, 0.5) is 0 Å². The number of amides is 2. The Bertz CT molecular complexity index is 603. The van der Waals surface area contributed by atoms with Crippen LogP contribution in [0.5, 0.6) is 0 Å². The van der Waals surface area contributed by atoms with Crippen LogP contribution in [0.1, 0.15) is 45.1 Å². The number of carbonyl (C=O) groups excluding carboxylic acids is 2. The summed E-state index contributed by atoms with van der Waals surface area (Å²) >= 11 is 0. The van der Waals surface area contributed by atoms with Crippen molar-refractivity contribution in [1.29, 1.82) is 0 Å². The smallest absolute Gasteiger partial charge is 0.245 e. The molecule has 0 heterocycles. The Morgan fingerprint density at radius 1 is 1.23 bits per heavy atom. The summed E-state index contributed by atoms with van der Waals surface area (Å²) in [6.45, 7) is 3.34. The summed E-state index contributed by atoms with van der Waals surface area (Å²) in [7, 11) is 1.56. The predicted molar refractivity (Wildman–Crippen MR) is 99.6 cm³/mol. The first-order valence-electron chi connectivity index (χ1n) is 9.20. The van der Waals surface area contributed by atoms with Crippen LogP contribution in [0, 0.1) is 0 Å². The molecule has 0 bridgehead atoms. The van der Waals surface area contributed by atoms with Gasteiger partial charge in [0.25, 0.3) is 0 Å². The first-order chi connectivity index (χ1) is 12.3.